The highest BCUT2D eigenvalue weighted by atomic mass is 35.5. The highest BCUT2D eigenvalue weighted by Crippen LogP contribution is 2.23. The molecule has 0 fully saturated rings. The zero-order valence-corrected chi connectivity index (χ0v) is 13.3. The van der Waals surface area contributed by atoms with Crippen LogP contribution >= 0.6 is 11.6 Å². The Morgan fingerprint density at radius 3 is 2.50 bits per heavy atom. The van der Waals surface area contributed by atoms with Gasteiger partial charge in [-0.15, -0.1) is 0 Å². The van der Waals surface area contributed by atoms with Crippen molar-refractivity contribution in [3.05, 3.63) is 28.8 Å². The molecule has 0 radical (unpaired) electrons. The second kappa shape index (κ2) is 7.50. The number of phenolic OH excluding ortho intramolecular Hbond substituents is 1. The van der Waals surface area contributed by atoms with Crippen LogP contribution in [0.5, 0.6) is 5.75 Å². The maximum absolute atomic E-state index is 12.6. The SMILES string of the molecule is CC(C)CN(CCN(C)C)C(=O)c1cc(O)ccc1Cl. The first-order valence-electron chi connectivity index (χ1n) is 6.73. The van der Waals surface area contributed by atoms with Crippen LogP contribution < -0.4 is 0 Å². The van der Waals surface area contributed by atoms with Gasteiger partial charge in [-0.2, -0.15) is 0 Å². The van der Waals surface area contributed by atoms with Gasteiger partial charge in [0.25, 0.3) is 5.91 Å². The lowest BCUT2D eigenvalue weighted by atomic mass is 10.1. The summed E-state index contributed by atoms with van der Waals surface area (Å²) in [5.41, 5.74) is 0.353. The number of aromatic hydroxyl groups is 1. The van der Waals surface area contributed by atoms with E-state index in [1.54, 1.807) is 11.0 Å². The number of phenols is 1. The van der Waals surface area contributed by atoms with Crippen molar-refractivity contribution >= 4 is 17.5 Å². The van der Waals surface area contributed by atoms with E-state index >= 15 is 0 Å². The van der Waals surface area contributed by atoms with E-state index in [0.717, 1.165) is 6.54 Å². The molecule has 0 spiro atoms. The Hall–Kier alpha value is -1.26. The van der Waals surface area contributed by atoms with Gasteiger partial charge >= 0.3 is 0 Å². The predicted molar refractivity (Wildman–Crippen MR) is 82.4 cm³/mol. The summed E-state index contributed by atoms with van der Waals surface area (Å²) < 4.78 is 0. The molecule has 1 aromatic carbocycles. The highest BCUT2D eigenvalue weighted by Gasteiger charge is 2.19. The minimum atomic E-state index is -0.138. The molecule has 0 aliphatic heterocycles. The van der Waals surface area contributed by atoms with E-state index in [9.17, 15) is 9.90 Å². The molecule has 0 aromatic heterocycles. The maximum Gasteiger partial charge on any atom is 0.255 e. The van der Waals surface area contributed by atoms with Crippen LogP contribution in [0.2, 0.25) is 5.02 Å². The van der Waals surface area contributed by atoms with Crippen molar-refractivity contribution in [2.45, 2.75) is 13.8 Å². The van der Waals surface area contributed by atoms with Gasteiger partial charge in [-0.05, 0) is 38.2 Å². The number of likely N-dealkylation sites (N-methyl/N-ethyl adjacent to an activating group) is 1. The van der Waals surface area contributed by atoms with Gasteiger partial charge in [0.2, 0.25) is 0 Å². The van der Waals surface area contributed by atoms with Crippen molar-refractivity contribution in [3.63, 3.8) is 0 Å². The lowest BCUT2D eigenvalue weighted by molar-refractivity contribution is 0.0724. The van der Waals surface area contributed by atoms with Crippen molar-refractivity contribution in [2.75, 3.05) is 33.7 Å². The first kappa shape index (κ1) is 16.8. The molecular formula is C15H23ClN2O2. The second-order valence-corrected chi connectivity index (χ2v) is 6.02. The molecule has 5 heteroatoms. The maximum atomic E-state index is 12.6. The Morgan fingerprint density at radius 2 is 1.95 bits per heavy atom. The van der Waals surface area contributed by atoms with Crippen LogP contribution in [0.4, 0.5) is 0 Å². The quantitative estimate of drug-likeness (QED) is 0.878. The molecule has 0 bridgehead atoms. The van der Waals surface area contributed by atoms with Crippen LogP contribution in [-0.2, 0) is 0 Å². The number of carbonyl (C=O) groups is 1. The molecule has 1 amide bonds. The minimum absolute atomic E-state index is 0.0508. The Balaban J connectivity index is 2.93. The zero-order valence-electron chi connectivity index (χ0n) is 12.6. The Kier molecular flexibility index (Phi) is 6.30. The fourth-order valence-electron chi connectivity index (χ4n) is 1.88. The van der Waals surface area contributed by atoms with Crippen LogP contribution in [0.3, 0.4) is 0 Å². The van der Waals surface area contributed by atoms with E-state index in [-0.39, 0.29) is 11.7 Å². The van der Waals surface area contributed by atoms with Crippen molar-refractivity contribution in [2.24, 2.45) is 5.92 Å². The van der Waals surface area contributed by atoms with E-state index in [0.29, 0.717) is 29.6 Å². The summed E-state index contributed by atoms with van der Waals surface area (Å²) in [6.45, 7) is 6.23. The average Bonchev–Trinajstić information content (AvgIpc) is 2.36. The molecule has 4 nitrogen and oxygen atoms in total. The summed E-state index contributed by atoms with van der Waals surface area (Å²) in [6, 6.07) is 4.45. The van der Waals surface area contributed by atoms with Gasteiger partial charge in [-0.25, -0.2) is 0 Å². The molecule has 0 saturated heterocycles. The number of hydrogen-bond acceptors (Lipinski definition) is 3. The van der Waals surface area contributed by atoms with E-state index in [2.05, 4.69) is 13.8 Å². The number of benzene rings is 1. The van der Waals surface area contributed by atoms with Crippen LogP contribution in [0.1, 0.15) is 24.2 Å². The first-order chi connectivity index (χ1) is 9.31. The smallest absolute Gasteiger partial charge is 0.255 e. The van der Waals surface area contributed by atoms with E-state index in [1.165, 1.54) is 12.1 Å². The molecule has 0 saturated carbocycles. The van der Waals surface area contributed by atoms with Crippen LogP contribution in [-0.4, -0.2) is 54.5 Å². The number of rotatable bonds is 6. The average molecular weight is 299 g/mol. The van der Waals surface area contributed by atoms with E-state index in [1.807, 2.05) is 19.0 Å². The Morgan fingerprint density at radius 1 is 1.30 bits per heavy atom. The molecule has 0 unspecified atom stereocenters. The fraction of sp³-hybridized carbons (Fsp3) is 0.533. The largest absolute Gasteiger partial charge is 0.508 e. The number of halogens is 1. The molecule has 1 rings (SSSR count). The summed E-state index contributed by atoms with van der Waals surface area (Å²) in [5.74, 6) is 0.286. The lowest BCUT2D eigenvalue weighted by Gasteiger charge is -2.26. The molecule has 0 aliphatic rings. The van der Waals surface area contributed by atoms with E-state index < -0.39 is 0 Å². The molecule has 0 aliphatic carbocycles. The number of hydrogen-bond donors (Lipinski definition) is 1. The predicted octanol–water partition coefficient (Wildman–Crippen LogP) is 2.71. The van der Waals surface area contributed by atoms with Crippen LogP contribution in [0.25, 0.3) is 0 Å². The second-order valence-electron chi connectivity index (χ2n) is 5.61. The minimum Gasteiger partial charge on any atom is -0.508 e. The third-order valence-corrected chi connectivity index (χ3v) is 3.20. The molecule has 112 valence electrons. The molecule has 20 heavy (non-hydrogen) atoms. The summed E-state index contributed by atoms with van der Waals surface area (Å²) in [6.07, 6.45) is 0. The standard InChI is InChI=1S/C15H23ClN2O2/c1-11(2)10-18(8-7-17(3)4)15(20)13-9-12(19)5-6-14(13)16/h5-6,9,11,19H,7-8,10H2,1-4H3. The van der Waals surface area contributed by atoms with E-state index in [4.69, 9.17) is 11.6 Å². The number of amides is 1. The van der Waals surface area contributed by atoms with Gasteiger partial charge in [0.1, 0.15) is 5.75 Å². The van der Waals surface area contributed by atoms with Gasteiger partial charge in [0.15, 0.2) is 0 Å². The van der Waals surface area contributed by atoms with Gasteiger partial charge in [-0.1, -0.05) is 25.4 Å². The zero-order chi connectivity index (χ0) is 15.3. The van der Waals surface area contributed by atoms with Crippen molar-refractivity contribution in [1.82, 2.24) is 9.80 Å². The highest BCUT2D eigenvalue weighted by molar-refractivity contribution is 6.33. The van der Waals surface area contributed by atoms with Gasteiger partial charge in [0, 0.05) is 19.6 Å². The van der Waals surface area contributed by atoms with Gasteiger partial charge < -0.3 is 14.9 Å². The topological polar surface area (TPSA) is 43.8 Å². The van der Waals surface area contributed by atoms with Gasteiger partial charge in [-0.3, -0.25) is 4.79 Å². The molecule has 1 aromatic rings. The fourth-order valence-corrected chi connectivity index (χ4v) is 2.08. The summed E-state index contributed by atoms with van der Waals surface area (Å²) in [4.78, 5) is 16.4. The third kappa shape index (κ3) is 5.02. The Labute approximate surface area is 125 Å². The summed E-state index contributed by atoms with van der Waals surface area (Å²) >= 11 is 6.07. The van der Waals surface area contributed by atoms with Crippen molar-refractivity contribution in [3.8, 4) is 5.75 Å². The monoisotopic (exact) mass is 298 g/mol. The van der Waals surface area contributed by atoms with Gasteiger partial charge in [0.05, 0.1) is 10.6 Å². The first-order valence-corrected chi connectivity index (χ1v) is 7.11. The summed E-state index contributed by atoms with van der Waals surface area (Å²) in [5, 5.41) is 9.90. The van der Waals surface area contributed by atoms with Crippen LogP contribution in [0.15, 0.2) is 18.2 Å². The Bertz CT molecular complexity index is 461. The molecule has 1 N–H and O–H groups in total. The van der Waals surface area contributed by atoms with Crippen LogP contribution in [0, 0.1) is 5.92 Å². The number of nitrogens with zero attached hydrogens (tertiary/aromatic N) is 2. The number of carbonyl (C=O) groups excluding carboxylic acids is 1. The third-order valence-electron chi connectivity index (χ3n) is 2.87. The molecule has 0 heterocycles. The van der Waals surface area contributed by atoms with Crippen molar-refractivity contribution in [1.29, 1.82) is 0 Å². The van der Waals surface area contributed by atoms with Crippen molar-refractivity contribution < 1.29 is 9.90 Å². The normalized spacial score (nSPS) is 11.2. The molecule has 0 atom stereocenters. The summed E-state index contributed by atoms with van der Waals surface area (Å²) in [7, 11) is 3.94. The lowest BCUT2D eigenvalue weighted by Crippen LogP contribution is -2.39. The molecular weight excluding hydrogens is 276 g/mol.